The molecule has 0 atom stereocenters. The largest absolute Gasteiger partial charge is 0.299 e. The second-order valence-corrected chi connectivity index (χ2v) is 7.99. The molecule has 1 fully saturated rings. The first-order valence-corrected chi connectivity index (χ1v) is 9.18. The van der Waals surface area contributed by atoms with Gasteiger partial charge in [-0.2, -0.15) is 0 Å². The van der Waals surface area contributed by atoms with Crippen molar-refractivity contribution >= 4 is 37.6 Å². The molecule has 0 bridgehead atoms. The van der Waals surface area contributed by atoms with Gasteiger partial charge in [-0.15, -0.1) is 0 Å². The number of hydrogen-bond acceptors (Lipinski definition) is 1. The summed E-state index contributed by atoms with van der Waals surface area (Å²) in [5, 5.41) is 0. The summed E-state index contributed by atoms with van der Waals surface area (Å²) in [7, 11) is 0. The van der Waals surface area contributed by atoms with E-state index in [2.05, 4.69) is 80.4 Å². The zero-order valence-corrected chi connectivity index (χ0v) is 15.5. The highest BCUT2D eigenvalue weighted by Gasteiger charge is 2.41. The number of ketones is 1. The summed E-state index contributed by atoms with van der Waals surface area (Å²) >= 11 is 6.95. The van der Waals surface area contributed by atoms with Crippen LogP contribution in [0, 0.1) is 5.41 Å². The maximum atomic E-state index is 12.6. The van der Waals surface area contributed by atoms with Crippen LogP contribution >= 0.6 is 31.9 Å². The average Bonchev–Trinajstić information content (AvgIpc) is 2.85. The Morgan fingerprint density at radius 1 is 0.818 bits per heavy atom. The first-order valence-electron chi connectivity index (χ1n) is 7.60. The SMILES string of the molecule is O=C1CCCC1(Cc1ccc(Br)cc1)Cc1ccc(Br)cc1. The second-order valence-electron chi connectivity index (χ2n) is 6.16. The molecule has 0 N–H and O–H groups in total. The number of halogens is 2. The molecule has 3 rings (SSSR count). The van der Waals surface area contributed by atoms with E-state index in [4.69, 9.17) is 0 Å². The molecule has 22 heavy (non-hydrogen) atoms. The van der Waals surface area contributed by atoms with E-state index in [0.717, 1.165) is 41.0 Å². The fraction of sp³-hybridized carbons (Fsp3) is 0.316. The molecular formula is C19H18Br2O. The summed E-state index contributed by atoms with van der Waals surface area (Å²) < 4.78 is 2.16. The minimum Gasteiger partial charge on any atom is -0.299 e. The van der Waals surface area contributed by atoms with Crippen molar-refractivity contribution in [3.63, 3.8) is 0 Å². The van der Waals surface area contributed by atoms with Gasteiger partial charge in [0.2, 0.25) is 0 Å². The van der Waals surface area contributed by atoms with E-state index in [1.54, 1.807) is 0 Å². The number of Topliss-reactive ketones (excluding diaryl/α,β-unsaturated/α-hetero) is 1. The van der Waals surface area contributed by atoms with Gasteiger partial charge in [0.05, 0.1) is 0 Å². The Morgan fingerprint density at radius 3 is 1.64 bits per heavy atom. The van der Waals surface area contributed by atoms with Crippen LogP contribution in [0.25, 0.3) is 0 Å². The molecule has 1 nitrogen and oxygen atoms in total. The van der Waals surface area contributed by atoms with Crippen molar-refractivity contribution in [3.8, 4) is 0 Å². The van der Waals surface area contributed by atoms with Gasteiger partial charge in [-0.25, -0.2) is 0 Å². The van der Waals surface area contributed by atoms with Crippen molar-refractivity contribution in [3.05, 3.63) is 68.6 Å². The van der Waals surface area contributed by atoms with Crippen molar-refractivity contribution in [1.82, 2.24) is 0 Å². The number of carbonyl (C=O) groups excluding carboxylic acids is 1. The summed E-state index contributed by atoms with van der Waals surface area (Å²) in [4.78, 5) is 12.6. The molecule has 0 saturated heterocycles. The number of hydrogen-bond donors (Lipinski definition) is 0. The van der Waals surface area contributed by atoms with Crippen molar-refractivity contribution in [1.29, 1.82) is 0 Å². The molecule has 1 aliphatic rings. The van der Waals surface area contributed by atoms with Crippen LogP contribution in [0.5, 0.6) is 0 Å². The van der Waals surface area contributed by atoms with Crippen LogP contribution in [0.3, 0.4) is 0 Å². The third-order valence-electron chi connectivity index (χ3n) is 4.56. The minimum atomic E-state index is -0.221. The molecule has 0 spiro atoms. The number of benzene rings is 2. The van der Waals surface area contributed by atoms with Crippen LogP contribution in [0.1, 0.15) is 30.4 Å². The van der Waals surface area contributed by atoms with E-state index in [1.807, 2.05) is 0 Å². The van der Waals surface area contributed by atoms with Gasteiger partial charge in [-0.05, 0) is 61.1 Å². The Kier molecular flexibility index (Phi) is 4.84. The first kappa shape index (κ1) is 15.9. The van der Waals surface area contributed by atoms with Crippen molar-refractivity contribution in [2.45, 2.75) is 32.1 Å². The topological polar surface area (TPSA) is 17.1 Å². The second kappa shape index (κ2) is 6.67. The van der Waals surface area contributed by atoms with Crippen LogP contribution in [0.4, 0.5) is 0 Å². The molecule has 0 aromatic heterocycles. The third-order valence-corrected chi connectivity index (χ3v) is 5.62. The lowest BCUT2D eigenvalue weighted by Crippen LogP contribution is -2.31. The molecule has 0 heterocycles. The zero-order chi connectivity index (χ0) is 15.6. The van der Waals surface area contributed by atoms with Crippen LogP contribution in [0.2, 0.25) is 0 Å². The summed E-state index contributed by atoms with van der Waals surface area (Å²) in [6.45, 7) is 0. The van der Waals surface area contributed by atoms with E-state index in [-0.39, 0.29) is 5.41 Å². The number of carbonyl (C=O) groups is 1. The van der Waals surface area contributed by atoms with Crippen molar-refractivity contribution in [2.24, 2.45) is 5.41 Å². The summed E-state index contributed by atoms with van der Waals surface area (Å²) in [5.41, 5.74) is 2.27. The lowest BCUT2D eigenvalue weighted by molar-refractivity contribution is -0.125. The van der Waals surface area contributed by atoms with E-state index >= 15 is 0 Å². The molecule has 0 aliphatic heterocycles. The van der Waals surface area contributed by atoms with E-state index in [9.17, 15) is 4.79 Å². The molecule has 0 unspecified atom stereocenters. The Hall–Kier alpha value is -0.930. The Balaban J connectivity index is 1.86. The molecule has 114 valence electrons. The maximum absolute atomic E-state index is 12.6. The highest BCUT2D eigenvalue weighted by molar-refractivity contribution is 9.10. The molecule has 3 heteroatoms. The van der Waals surface area contributed by atoms with Gasteiger partial charge >= 0.3 is 0 Å². The molecule has 1 aliphatic carbocycles. The minimum absolute atomic E-state index is 0.221. The quantitative estimate of drug-likeness (QED) is 0.615. The van der Waals surface area contributed by atoms with Gasteiger partial charge in [-0.3, -0.25) is 4.79 Å². The van der Waals surface area contributed by atoms with E-state index in [0.29, 0.717) is 5.78 Å². The Morgan fingerprint density at radius 2 is 1.27 bits per heavy atom. The van der Waals surface area contributed by atoms with Gasteiger partial charge in [0, 0.05) is 20.8 Å². The van der Waals surface area contributed by atoms with E-state index < -0.39 is 0 Å². The van der Waals surface area contributed by atoms with E-state index in [1.165, 1.54) is 11.1 Å². The fourth-order valence-corrected chi connectivity index (χ4v) is 3.94. The zero-order valence-electron chi connectivity index (χ0n) is 12.3. The fourth-order valence-electron chi connectivity index (χ4n) is 3.41. The highest BCUT2D eigenvalue weighted by Crippen LogP contribution is 2.41. The standard InChI is InChI=1S/C19H18Br2O/c20-16-7-3-14(4-8-16)12-19(11-1-2-18(19)22)13-15-5-9-17(21)10-6-15/h3-10H,1-2,11-13H2. The average molecular weight is 422 g/mol. The predicted molar refractivity (Wildman–Crippen MR) is 97.0 cm³/mol. The van der Waals surface area contributed by atoms with Gasteiger partial charge in [0.25, 0.3) is 0 Å². The molecular weight excluding hydrogens is 404 g/mol. The summed E-state index contributed by atoms with van der Waals surface area (Å²) in [6.07, 6.45) is 4.43. The molecule has 0 radical (unpaired) electrons. The lowest BCUT2D eigenvalue weighted by atomic mass is 9.74. The van der Waals surface area contributed by atoms with Crippen LogP contribution in [-0.2, 0) is 17.6 Å². The van der Waals surface area contributed by atoms with Crippen molar-refractivity contribution < 1.29 is 4.79 Å². The smallest absolute Gasteiger partial charge is 0.139 e. The summed E-state index contributed by atoms with van der Waals surface area (Å²) in [5.74, 6) is 0.429. The van der Waals surface area contributed by atoms with Crippen LogP contribution in [-0.4, -0.2) is 5.78 Å². The molecule has 2 aromatic carbocycles. The van der Waals surface area contributed by atoms with Crippen LogP contribution in [0.15, 0.2) is 57.5 Å². The molecule has 0 amide bonds. The predicted octanol–water partition coefficient (Wildman–Crippen LogP) is 5.74. The van der Waals surface area contributed by atoms with Crippen molar-refractivity contribution in [2.75, 3.05) is 0 Å². The van der Waals surface area contributed by atoms with Gasteiger partial charge in [0.1, 0.15) is 5.78 Å². The van der Waals surface area contributed by atoms with Gasteiger partial charge < -0.3 is 0 Å². The highest BCUT2D eigenvalue weighted by atomic mass is 79.9. The number of rotatable bonds is 4. The molecule has 1 saturated carbocycles. The first-order chi connectivity index (χ1) is 10.6. The third kappa shape index (κ3) is 3.52. The monoisotopic (exact) mass is 420 g/mol. The Bertz CT molecular complexity index is 611. The normalized spacial score (nSPS) is 16.9. The van der Waals surface area contributed by atoms with Crippen LogP contribution < -0.4 is 0 Å². The van der Waals surface area contributed by atoms with Gasteiger partial charge in [0.15, 0.2) is 0 Å². The molecule has 2 aromatic rings. The summed E-state index contributed by atoms with van der Waals surface area (Å²) in [6, 6.07) is 16.7. The Labute approximate surface area is 148 Å². The van der Waals surface area contributed by atoms with Gasteiger partial charge in [-0.1, -0.05) is 56.1 Å². The lowest BCUT2D eigenvalue weighted by Gasteiger charge is -2.28. The maximum Gasteiger partial charge on any atom is 0.139 e.